The fourth-order valence-corrected chi connectivity index (χ4v) is 2.31. The highest BCUT2D eigenvalue weighted by Crippen LogP contribution is 2.20. The minimum Gasteiger partial charge on any atom is -0.372 e. The molecule has 1 aliphatic carbocycles. The van der Waals surface area contributed by atoms with Crippen LogP contribution in [0, 0.1) is 0 Å². The van der Waals surface area contributed by atoms with E-state index in [1.165, 1.54) is 16.7 Å². The topological polar surface area (TPSA) is 3.24 Å². The summed E-state index contributed by atoms with van der Waals surface area (Å²) in [6.07, 6.45) is 11.9. The molecule has 1 aromatic carbocycles. The van der Waals surface area contributed by atoms with E-state index in [4.69, 9.17) is 0 Å². The second kappa shape index (κ2) is 4.01. The third kappa shape index (κ3) is 1.81. The average Bonchev–Trinajstić information content (AvgIpc) is 2.82. The summed E-state index contributed by atoms with van der Waals surface area (Å²) >= 11 is 0. The van der Waals surface area contributed by atoms with Crippen LogP contribution in [0.15, 0.2) is 60.3 Å². The van der Waals surface area contributed by atoms with Crippen LogP contribution in [0.2, 0.25) is 0 Å². The normalized spacial score (nSPS) is 17.8. The van der Waals surface area contributed by atoms with Crippen molar-refractivity contribution in [3.8, 4) is 0 Å². The van der Waals surface area contributed by atoms with Gasteiger partial charge >= 0.3 is 0 Å². The van der Waals surface area contributed by atoms with Crippen molar-refractivity contribution in [3.05, 3.63) is 71.5 Å². The first kappa shape index (κ1) is 9.46. The summed E-state index contributed by atoms with van der Waals surface area (Å²) in [4.78, 5) is 2.40. The van der Waals surface area contributed by atoms with Crippen LogP contribution < -0.4 is 0 Å². The van der Waals surface area contributed by atoms with Gasteiger partial charge in [0.05, 0.1) is 0 Å². The zero-order valence-corrected chi connectivity index (χ0v) is 9.26. The Morgan fingerprint density at radius 3 is 2.56 bits per heavy atom. The molecular weight excluding hydrogens is 194 g/mol. The maximum atomic E-state index is 2.40. The van der Waals surface area contributed by atoms with Crippen molar-refractivity contribution < 1.29 is 0 Å². The van der Waals surface area contributed by atoms with Crippen LogP contribution >= 0.6 is 0 Å². The van der Waals surface area contributed by atoms with Crippen molar-refractivity contribution in [2.24, 2.45) is 0 Å². The van der Waals surface area contributed by atoms with Gasteiger partial charge in [-0.05, 0) is 23.1 Å². The Morgan fingerprint density at radius 2 is 1.75 bits per heavy atom. The molecule has 1 aliphatic heterocycles. The molecular formula is C15H15N. The number of allylic oxidation sites excluding steroid dienone is 5. The van der Waals surface area contributed by atoms with Crippen molar-refractivity contribution in [1.29, 1.82) is 0 Å². The van der Waals surface area contributed by atoms with Crippen LogP contribution in [0.4, 0.5) is 0 Å². The van der Waals surface area contributed by atoms with Crippen molar-refractivity contribution in [3.63, 3.8) is 0 Å². The third-order valence-corrected chi connectivity index (χ3v) is 3.18. The molecule has 3 rings (SSSR count). The van der Waals surface area contributed by atoms with E-state index in [9.17, 15) is 0 Å². The van der Waals surface area contributed by atoms with Gasteiger partial charge < -0.3 is 4.90 Å². The molecule has 0 radical (unpaired) electrons. The molecule has 1 heterocycles. The lowest BCUT2D eigenvalue weighted by Gasteiger charge is -2.27. The number of fused-ring (bicyclic) bond motifs is 1. The fourth-order valence-electron chi connectivity index (χ4n) is 2.31. The molecule has 80 valence electrons. The molecule has 0 spiro atoms. The highest BCUT2D eigenvalue weighted by molar-refractivity contribution is 5.40. The summed E-state index contributed by atoms with van der Waals surface area (Å²) in [5, 5.41) is 0. The highest BCUT2D eigenvalue weighted by atomic mass is 15.1. The molecule has 0 atom stereocenters. The monoisotopic (exact) mass is 209 g/mol. The summed E-state index contributed by atoms with van der Waals surface area (Å²) in [6.45, 7) is 2.17. The summed E-state index contributed by atoms with van der Waals surface area (Å²) in [5.41, 5.74) is 4.28. The van der Waals surface area contributed by atoms with Crippen LogP contribution in [-0.4, -0.2) is 11.4 Å². The van der Waals surface area contributed by atoms with Gasteiger partial charge in [-0.15, -0.1) is 0 Å². The molecule has 0 saturated carbocycles. The van der Waals surface area contributed by atoms with E-state index in [-0.39, 0.29) is 0 Å². The quantitative estimate of drug-likeness (QED) is 0.687. The zero-order chi connectivity index (χ0) is 10.8. The minimum absolute atomic E-state index is 1.04. The summed E-state index contributed by atoms with van der Waals surface area (Å²) in [5.74, 6) is 0. The smallest absolute Gasteiger partial charge is 0.0427 e. The van der Waals surface area contributed by atoms with Crippen molar-refractivity contribution in [2.75, 3.05) is 6.54 Å². The maximum Gasteiger partial charge on any atom is 0.0427 e. The molecule has 1 heteroatoms. The Balaban J connectivity index is 1.80. The number of hydrogen-bond donors (Lipinski definition) is 0. The SMILES string of the molecule is C1=CC(=CN2CCc3ccccc3C2)C=C1. The molecule has 0 aromatic heterocycles. The van der Waals surface area contributed by atoms with E-state index < -0.39 is 0 Å². The molecule has 1 nitrogen and oxygen atoms in total. The molecule has 0 N–H and O–H groups in total. The molecule has 0 fully saturated rings. The molecule has 0 amide bonds. The zero-order valence-electron chi connectivity index (χ0n) is 9.26. The summed E-state index contributed by atoms with van der Waals surface area (Å²) in [7, 11) is 0. The van der Waals surface area contributed by atoms with Gasteiger partial charge in [0.2, 0.25) is 0 Å². The first-order valence-electron chi connectivity index (χ1n) is 5.79. The van der Waals surface area contributed by atoms with Crippen molar-refractivity contribution >= 4 is 0 Å². The second-order valence-corrected chi connectivity index (χ2v) is 4.34. The van der Waals surface area contributed by atoms with E-state index in [1.807, 2.05) is 0 Å². The van der Waals surface area contributed by atoms with Gasteiger partial charge in [-0.2, -0.15) is 0 Å². The summed E-state index contributed by atoms with van der Waals surface area (Å²) < 4.78 is 0. The van der Waals surface area contributed by atoms with E-state index in [1.54, 1.807) is 0 Å². The number of benzene rings is 1. The van der Waals surface area contributed by atoms with Crippen LogP contribution in [0.5, 0.6) is 0 Å². The predicted molar refractivity (Wildman–Crippen MR) is 66.9 cm³/mol. The van der Waals surface area contributed by atoms with Crippen LogP contribution in [0.25, 0.3) is 0 Å². The molecule has 16 heavy (non-hydrogen) atoms. The van der Waals surface area contributed by atoms with E-state index >= 15 is 0 Å². The van der Waals surface area contributed by atoms with Gasteiger partial charge in [0.25, 0.3) is 0 Å². The maximum absolute atomic E-state index is 2.40. The van der Waals surface area contributed by atoms with Gasteiger partial charge in [0.15, 0.2) is 0 Å². The number of nitrogens with zero attached hydrogens (tertiary/aromatic N) is 1. The highest BCUT2D eigenvalue weighted by Gasteiger charge is 2.12. The average molecular weight is 209 g/mol. The standard InChI is InChI=1S/C15H15N/c1-2-6-13(5-1)11-16-10-9-14-7-3-4-8-15(14)12-16/h1-8,11H,9-10,12H2. The lowest BCUT2D eigenvalue weighted by molar-refractivity contribution is 0.351. The van der Waals surface area contributed by atoms with Gasteiger partial charge in [-0.25, -0.2) is 0 Å². The predicted octanol–water partition coefficient (Wildman–Crippen LogP) is 3.05. The van der Waals surface area contributed by atoms with Crippen LogP contribution in [0.1, 0.15) is 11.1 Å². The molecule has 0 unspecified atom stereocenters. The first-order chi connectivity index (χ1) is 7.92. The van der Waals surface area contributed by atoms with Gasteiger partial charge in [-0.1, -0.05) is 48.6 Å². The minimum atomic E-state index is 1.04. The Labute approximate surface area is 96.4 Å². The fraction of sp³-hybridized carbons (Fsp3) is 0.200. The largest absolute Gasteiger partial charge is 0.372 e. The Bertz CT molecular complexity index is 466. The molecule has 0 saturated heterocycles. The van der Waals surface area contributed by atoms with Crippen LogP contribution in [0.3, 0.4) is 0 Å². The third-order valence-electron chi connectivity index (χ3n) is 3.18. The van der Waals surface area contributed by atoms with E-state index in [2.05, 4.69) is 59.7 Å². The van der Waals surface area contributed by atoms with Gasteiger partial charge in [0, 0.05) is 19.3 Å². The van der Waals surface area contributed by atoms with Crippen molar-refractivity contribution in [2.45, 2.75) is 13.0 Å². The van der Waals surface area contributed by atoms with E-state index in [0.717, 1.165) is 19.5 Å². The van der Waals surface area contributed by atoms with Crippen LogP contribution in [-0.2, 0) is 13.0 Å². The number of rotatable bonds is 1. The molecule has 0 bridgehead atoms. The summed E-state index contributed by atoms with van der Waals surface area (Å²) in [6, 6.07) is 8.75. The first-order valence-corrected chi connectivity index (χ1v) is 5.79. The lowest BCUT2D eigenvalue weighted by atomic mass is 10.0. The Kier molecular flexibility index (Phi) is 2.37. The second-order valence-electron chi connectivity index (χ2n) is 4.34. The Morgan fingerprint density at radius 1 is 1.00 bits per heavy atom. The Hall–Kier alpha value is -1.76. The van der Waals surface area contributed by atoms with Crippen molar-refractivity contribution in [1.82, 2.24) is 4.90 Å². The molecule has 1 aromatic rings. The van der Waals surface area contributed by atoms with E-state index in [0.29, 0.717) is 0 Å². The lowest BCUT2D eigenvalue weighted by Crippen LogP contribution is -2.25. The van der Waals surface area contributed by atoms with Gasteiger partial charge in [0.1, 0.15) is 0 Å². The molecule has 2 aliphatic rings. The number of hydrogen-bond acceptors (Lipinski definition) is 1. The van der Waals surface area contributed by atoms with Gasteiger partial charge in [-0.3, -0.25) is 0 Å².